The van der Waals surface area contributed by atoms with Crippen LogP contribution < -0.4 is 5.73 Å². The van der Waals surface area contributed by atoms with Gasteiger partial charge < -0.3 is 15.0 Å². The Labute approximate surface area is 96.6 Å². The van der Waals surface area contributed by atoms with Gasteiger partial charge in [-0.2, -0.15) is 5.26 Å². The molecule has 0 saturated carbocycles. The predicted molar refractivity (Wildman–Crippen MR) is 64.1 cm³/mol. The number of rotatable bonds is 4. The fraction of sp³-hybridized carbons (Fsp3) is 0.583. The second kappa shape index (κ2) is 5.04. The fourth-order valence-electron chi connectivity index (χ4n) is 1.70. The Kier molecular flexibility index (Phi) is 3.97. The van der Waals surface area contributed by atoms with Crippen LogP contribution in [0.4, 0.5) is 5.82 Å². The third-order valence-electron chi connectivity index (χ3n) is 2.75. The van der Waals surface area contributed by atoms with Crippen LogP contribution in [-0.4, -0.2) is 17.3 Å². The SMILES string of the molecule is Cc1c(C#N)c(N)n(CCOC(C)C)c1C. The number of hydrogen-bond acceptors (Lipinski definition) is 3. The molecule has 2 N–H and O–H groups in total. The molecule has 0 aromatic carbocycles. The number of nitrogens with zero attached hydrogens (tertiary/aromatic N) is 2. The zero-order valence-electron chi connectivity index (χ0n) is 10.4. The van der Waals surface area contributed by atoms with E-state index in [0.29, 0.717) is 24.5 Å². The van der Waals surface area contributed by atoms with Crippen molar-refractivity contribution in [3.05, 3.63) is 16.8 Å². The summed E-state index contributed by atoms with van der Waals surface area (Å²) in [6.45, 7) is 9.20. The van der Waals surface area contributed by atoms with Crippen LogP contribution in [0.15, 0.2) is 0 Å². The van der Waals surface area contributed by atoms with E-state index in [-0.39, 0.29) is 6.10 Å². The third kappa shape index (κ3) is 2.37. The molecule has 0 aliphatic carbocycles. The minimum Gasteiger partial charge on any atom is -0.384 e. The maximum atomic E-state index is 8.98. The largest absolute Gasteiger partial charge is 0.384 e. The van der Waals surface area contributed by atoms with Crippen molar-refractivity contribution in [1.29, 1.82) is 5.26 Å². The molecule has 4 nitrogen and oxygen atoms in total. The van der Waals surface area contributed by atoms with E-state index >= 15 is 0 Å². The van der Waals surface area contributed by atoms with E-state index in [2.05, 4.69) is 6.07 Å². The van der Waals surface area contributed by atoms with Crippen molar-refractivity contribution in [2.24, 2.45) is 0 Å². The van der Waals surface area contributed by atoms with Gasteiger partial charge in [-0.05, 0) is 33.3 Å². The topological polar surface area (TPSA) is 64.0 Å². The van der Waals surface area contributed by atoms with Crippen molar-refractivity contribution in [1.82, 2.24) is 4.57 Å². The van der Waals surface area contributed by atoms with E-state index in [1.807, 2.05) is 32.3 Å². The van der Waals surface area contributed by atoms with Crippen LogP contribution in [0.3, 0.4) is 0 Å². The van der Waals surface area contributed by atoms with E-state index in [1.165, 1.54) is 0 Å². The highest BCUT2D eigenvalue weighted by molar-refractivity contribution is 5.57. The van der Waals surface area contributed by atoms with Gasteiger partial charge in [0.1, 0.15) is 11.9 Å². The van der Waals surface area contributed by atoms with Crippen molar-refractivity contribution < 1.29 is 4.74 Å². The molecule has 0 unspecified atom stereocenters. The molecule has 0 fully saturated rings. The van der Waals surface area contributed by atoms with E-state index in [0.717, 1.165) is 11.3 Å². The highest BCUT2D eigenvalue weighted by Gasteiger charge is 2.14. The third-order valence-corrected chi connectivity index (χ3v) is 2.75. The van der Waals surface area contributed by atoms with Crippen LogP contribution >= 0.6 is 0 Å². The smallest absolute Gasteiger partial charge is 0.122 e. The van der Waals surface area contributed by atoms with Gasteiger partial charge in [-0.15, -0.1) is 0 Å². The lowest BCUT2D eigenvalue weighted by atomic mass is 10.2. The van der Waals surface area contributed by atoms with Crippen LogP contribution in [0.1, 0.15) is 30.7 Å². The van der Waals surface area contributed by atoms with E-state index in [9.17, 15) is 0 Å². The Hall–Kier alpha value is -1.47. The van der Waals surface area contributed by atoms with Gasteiger partial charge in [0, 0.05) is 12.2 Å². The van der Waals surface area contributed by atoms with Crippen LogP contribution in [0.2, 0.25) is 0 Å². The van der Waals surface area contributed by atoms with E-state index < -0.39 is 0 Å². The molecular weight excluding hydrogens is 202 g/mol. The van der Waals surface area contributed by atoms with Gasteiger partial charge in [-0.1, -0.05) is 0 Å². The molecule has 0 saturated heterocycles. The zero-order chi connectivity index (χ0) is 12.3. The molecular formula is C12H19N3O. The first-order valence-electron chi connectivity index (χ1n) is 5.45. The number of hydrogen-bond donors (Lipinski definition) is 1. The van der Waals surface area contributed by atoms with Gasteiger partial charge in [-0.25, -0.2) is 0 Å². The molecule has 16 heavy (non-hydrogen) atoms. The molecule has 0 aliphatic heterocycles. The predicted octanol–water partition coefficient (Wildman–Crippen LogP) is 1.98. The molecule has 1 aromatic rings. The lowest BCUT2D eigenvalue weighted by Crippen LogP contribution is -2.13. The lowest BCUT2D eigenvalue weighted by Gasteiger charge is -2.11. The number of nitriles is 1. The van der Waals surface area contributed by atoms with Crippen molar-refractivity contribution in [3.63, 3.8) is 0 Å². The average Bonchev–Trinajstić information content (AvgIpc) is 2.41. The maximum Gasteiger partial charge on any atom is 0.122 e. The van der Waals surface area contributed by atoms with Gasteiger partial charge in [0.25, 0.3) is 0 Å². The van der Waals surface area contributed by atoms with Crippen molar-refractivity contribution in [3.8, 4) is 6.07 Å². The quantitative estimate of drug-likeness (QED) is 0.845. The van der Waals surface area contributed by atoms with Crippen LogP contribution in [0.5, 0.6) is 0 Å². The van der Waals surface area contributed by atoms with Crippen LogP contribution in [0, 0.1) is 25.2 Å². The van der Waals surface area contributed by atoms with Crippen molar-refractivity contribution in [2.45, 2.75) is 40.3 Å². The standard InChI is InChI=1S/C12H19N3O/c1-8(2)16-6-5-15-10(4)9(3)11(7-13)12(15)14/h8H,5-6,14H2,1-4H3. The Morgan fingerprint density at radius 2 is 2.06 bits per heavy atom. The normalized spacial score (nSPS) is 10.8. The first kappa shape index (κ1) is 12.6. The Bertz CT molecular complexity index is 413. The highest BCUT2D eigenvalue weighted by Crippen LogP contribution is 2.23. The summed E-state index contributed by atoms with van der Waals surface area (Å²) in [7, 11) is 0. The minimum atomic E-state index is 0.216. The Morgan fingerprint density at radius 3 is 2.50 bits per heavy atom. The minimum absolute atomic E-state index is 0.216. The highest BCUT2D eigenvalue weighted by atomic mass is 16.5. The van der Waals surface area contributed by atoms with Crippen molar-refractivity contribution >= 4 is 5.82 Å². The summed E-state index contributed by atoms with van der Waals surface area (Å²) >= 11 is 0. The van der Waals surface area contributed by atoms with Gasteiger partial charge >= 0.3 is 0 Å². The molecule has 0 radical (unpaired) electrons. The van der Waals surface area contributed by atoms with Crippen LogP contribution in [-0.2, 0) is 11.3 Å². The molecule has 1 heterocycles. The number of aromatic nitrogens is 1. The lowest BCUT2D eigenvalue weighted by molar-refractivity contribution is 0.0728. The first-order chi connectivity index (χ1) is 7.49. The van der Waals surface area contributed by atoms with Gasteiger partial charge in [0.15, 0.2) is 0 Å². The summed E-state index contributed by atoms with van der Waals surface area (Å²) in [5, 5.41) is 8.98. The zero-order valence-corrected chi connectivity index (χ0v) is 10.4. The van der Waals surface area contributed by atoms with Crippen molar-refractivity contribution in [2.75, 3.05) is 12.3 Å². The fourth-order valence-corrected chi connectivity index (χ4v) is 1.70. The summed E-state index contributed by atoms with van der Waals surface area (Å²) in [5.74, 6) is 0.546. The number of nitrogens with two attached hydrogens (primary N) is 1. The summed E-state index contributed by atoms with van der Waals surface area (Å²) in [5.41, 5.74) is 8.51. The summed E-state index contributed by atoms with van der Waals surface area (Å²) in [6, 6.07) is 2.14. The molecule has 0 spiro atoms. The molecule has 0 amide bonds. The number of ether oxygens (including phenoxy) is 1. The number of nitrogen functional groups attached to an aromatic ring is 1. The molecule has 88 valence electrons. The Morgan fingerprint density at radius 1 is 1.44 bits per heavy atom. The summed E-state index contributed by atoms with van der Waals surface area (Å²) < 4.78 is 7.42. The monoisotopic (exact) mass is 221 g/mol. The van der Waals surface area contributed by atoms with E-state index in [4.69, 9.17) is 15.7 Å². The second-order valence-corrected chi connectivity index (χ2v) is 4.15. The average molecular weight is 221 g/mol. The van der Waals surface area contributed by atoms with E-state index in [1.54, 1.807) is 0 Å². The summed E-state index contributed by atoms with van der Waals surface area (Å²) in [6.07, 6.45) is 0.216. The van der Waals surface area contributed by atoms with Gasteiger partial charge in [0.05, 0.1) is 18.3 Å². The molecule has 1 rings (SSSR count). The van der Waals surface area contributed by atoms with Gasteiger partial charge in [0.2, 0.25) is 0 Å². The molecule has 0 atom stereocenters. The maximum absolute atomic E-state index is 8.98. The molecule has 1 aromatic heterocycles. The van der Waals surface area contributed by atoms with Crippen LogP contribution in [0.25, 0.3) is 0 Å². The second-order valence-electron chi connectivity index (χ2n) is 4.15. The summed E-state index contributed by atoms with van der Waals surface area (Å²) in [4.78, 5) is 0. The molecule has 4 heteroatoms. The number of anilines is 1. The molecule has 0 aliphatic rings. The first-order valence-corrected chi connectivity index (χ1v) is 5.45. The van der Waals surface area contributed by atoms with Gasteiger partial charge in [-0.3, -0.25) is 0 Å². The molecule has 0 bridgehead atoms. The Balaban J connectivity index is 2.85.